The number of likely N-dealkylation sites (tertiary alicyclic amines) is 1. The number of halogens is 1. The van der Waals surface area contributed by atoms with Crippen LogP contribution >= 0.6 is 0 Å². The Morgan fingerprint density at radius 1 is 1.06 bits per heavy atom. The van der Waals surface area contributed by atoms with E-state index in [1.54, 1.807) is 30.6 Å². The van der Waals surface area contributed by atoms with Gasteiger partial charge in [-0.25, -0.2) is 14.4 Å². The Balaban J connectivity index is 1.30. The second kappa shape index (κ2) is 9.21. The van der Waals surface area contributed by atoms with Crippen LogP contribution < -0.4 is 10.6 Å². The standard InChI is InChI=1S/C26H26FN5O2/c27-20-7-5-18(6-8-20)22-17-30-23(33)16-26(22)9-13-32(14-10-26)24(34)19-3-1-4-21(15-19)31-25-28-11-2-12-29-25/h1-8,11-12,15,22H,9-10,13-14,16-17H2,(H,30,33)(H,28,29,31)/t22-/m0/s1. The van der Waals surface area contributed by atoms with Gasteiger partial charge in [0, 0.05) is 55.6 Å². The molecule has 2 amide bonds. The number of amides is 2. The fraction of sp³-hybridized carbons (Fsp3) is 0.308. The van der Waals surface area contributed by atoms with Crippen LogP contribution in [0.25, 0.3) is 0 Å². The molecular formula is C26H26FN5O2. The molecule has 8 heteroatoms. The van der Waals surface area contributed by atoms with Crippen LogP contribution in [0.1, 0.15) is 41.1 Å². The van der Waals surface area contributed by atoms with E-state index in [1.165, 1.54) is 12.1 Å². The number of carbonyl (C=O) groups is 2. The van der Waals surface area contributed by atoms with Crippen LogP contribution in [-0.4, -0.2) is 46.3 Å². The zero-order valence-corrected chi connectivity index (χ0v) is 18.7. The third kappa shape index (κ3) is 4.48. The van der Waals surface area contributed by atoms with E-state index in [1.807, 2.05) is 29.2 Å². The summed E-state index contributed by atoms with van der Waals surface area (Å²) in [5.41, 5.74) is 2.13. The second-order valence-corrected chi connectivity index (χ2v) is 9.02. The van der Waals surface area contributed by atoms with Gasteiger partial charge >= 0.3 is 0 Å². The number of nitrogens with one attached hydrogen (secondary N) is 2. The lowest BCUT2D eigenvalue weighted by Gasteiger charge is -2.49. The third-order valence-corrected chi connectivity index (χ3v) is 7.01. The largest absolute Gasteiger partial charge is 0.355 e. The number of carbonyl (C=O) groups excluding carboxylic acids is 2. The molecule has 2 N–H and O–H groups in total. The van der Waals surface area contributed by atoms with Gasteiger partial charge in [0.2, 0.25) is 11.9 Å². The van der Waals surface area contributed by atoms with E-state index < -0.39 is 0 Å². The molecule has 1 atom stereocenters. The Morgan fingerprint density at radius 3 is 2.53 bits per heavy atom. The second-order valence-electron chi connectivity index (χ2n) is 9.02. The van der Waals surface area contributed by atoms with Crippen molar-refractivity contribution in [3.63, 3.8) is 0 Å². The highest BCUT2D eigenvalue weighted by atomic mass is 19.1. The predicted molar refractivity (Wildman–Crippen MR) is 126 cm³/mol. The van der Waals surface area contributed by atoms with Crippen LogP contribution in [-0.2, 0) is 4.79 Å². The summed E-state index contributed by atoms with van der Waals surface area (Å²) in [6.45, 7) is 1.68. The maximum Gasteiger partial charge on any atom is 0.253 e. The first-order valence-corrected chi connectivity index (χ1v) is 11.5. The summed E-state index contributed by atoms with van der Waals surface area (Å²) in [5.74, 6) is 0.301. The minimum Gasteiger partial charge on any atom is -0.355 e. The maximum atomic E-state index is 13.5. The number of benzene rings is 2. The number of hydrogen-bond acceptors (Lipinski definition) is 5. The molecule has 2 aliphatic heterocycles. The Morgan fingerprint density at radius 2 is 1.79 bits per heavy atom. The number of piperidine rings is 2. The lowest BCUT2D eigenvalue weighted by molar-refractivity contribution is -0.127. The van der Waals surface area contributed by atoms with Gasteiger partial charge in [-0.05, 0) is 60.2 Å². The first-order valence-electron chi connectivity index (χ1n) is 11.5. The summed E-state index contributed by atoms with van der Waals surface area (Å²) in [6.07, 6.45) is 5.18. The van der Waals surface area contributed by atoms with Crippen LogP contribution in [0, 0.1) is 11.2 Å². The molecule has 3 aromatic rings. The van der Waals surface area contributed by atoms with Crippen LogP contribution in [0.3, 0.4) is 0 Å². The van der Waals surface area contributed by atoms with E-state index in [-0.39, 0.29) is 29.0 Å². The molecule has 0 bridgehead atoms. The molecule has 0 aliphatic carbocycles. The van der Waals surface area contributed by atoms with Crippen LogP contribution in [0.15, 0.2) is 67.0 Å². The van der Waals surface area contributed by atoms with Gasteiger partial charge in [-0.15, -0.1) is 0 Å². The Labute approximate surface area is 197 Å². The summed E-state index contributed by atoms with van der Waals surface area (Å²) in [5, 5.41) is 6.09. The molecule has 1 aromatic heterocycles. The van der Waals surface area contributed by atoms with E-state index in [9.17, 15) is 14.0 Å². The maximum absolute atomic E-state index is 13.5. The number of anilines is 2. The van der Waals surface area contributed by atoms with Gasteiger partial charge in [0.1, 0.15) is 5.82 Å². The number of nitrogens with zero attached hydrogens (tertiary/aromatic N) is 3. The molecule has 174 valence electrons. The summed E-state index contributed by atoms with van der Waals surface area (Å²) in [4.78, 5) is 35.8. The zero-order chi connectivity index (χ0) is 23.5. The van der Waals surface area contributed by atoms with Gasteiger partial charge in [-0.1, -0.05) is 18.2 Å². The summed E-state index contributed by atoms with van der Waals surface area (Å²) >= 11 is 0. The SMILES string of the molecule is O=C1CC2(CCN(C(=O)c3cccc(Nc4ncccn4)c3)CC2)[C@H](c2ccc(F)cc2)CN1. The van der Waals surface area contributed by atoms with Gasteiger partial charge in [0.25, 0.3) is 5.91 Å². The fourth-order valence-corrected chi connectivity index (χ4v) is 5.19. The first-order chi connectivity index (χ1) is 16.5. The Hall–Kier alpha value is -3.81. The summed E-state index contributed by atoms with van der Waals surface area (Å²) in [6, 6.07) is 15.6. The third-order valence-electron chi connectivity index (χ3n) is 7.01. The van der Waals surface area contributed by atoms with Crippen molar-refractivity contribution in [2.75, 3.05) is 25.0 Å². The van der Waals surface area contributed by atoms with Crippen LogP contribution in [0.4, 0.5) is 16.0 Å². The minimum absolute atomic E-state index is 0.0360. The van der Waals surface area contributed by atoms with Gasteiger partial charge in [-0.2, -0.15) is 0 Å². The molecule has 3 heterocycles. The normalized spacial score (nSPS) is 19.5. The predicted octanol–water partition coefficient (Wildman–Crippen LogP) is 3.89. The molecule has 2 fully saturated rings. The number of aromatic nitrogens is 2. The smallest absolute Gasteiger partial charge is 0.253 e. The van der Waals surface area contributed by atoms with Crippen molar-refractivity contribution in [1.82, 2.24) is 20.2 Å². The highest BCUT2D eigenvalue weighted by Crippen LogP contribution is 2.48. The monoisotopic (exact) mass is 459 g/mol. The minimum atomic E-state index is -0.270. The summed E-state index contributed by atoms with van der Waals surface area (Å²) in [7, 11) is 0. The number of hydrogen-bond donors (Lipinski definition) is 2. The van der Waals surface area contributed by atoms with E-state index in [4.69, 9.17) is 0 Å². The molecule has 0 unspecified atom stereocenters. The molecule has 34 heavy (non-hydrogen) atoms. The van der Waals surface area contributed by atoms with Crippen molar-refractivity contribution >= 4 is 23.5 Å². The van der Waals surface area contributed by atoms with E-state index in [0.717, 1.165) is 24.1 Å². The lowest BCUT2D eigenvalue weighted by Crippen LogP contribution is -2.52. The molecule has 7 nitrogen and oxygen atoms in total. The highest BCUT2D eigenvalue weighted by molar-refractivity contribution is 5.95. The molecule has 5 rings (SSSR count). The van der Waals surface area contributed by atoms with Gasteiger partial charge in [0.15, 0.2) is 0 Å². The first kappa shape index (κ1) is 22.0. The highest BCUT2D eigenvalue weighted by Gasteiger charge is 2.46. The average Bonchev–Trinajstić information content (AvgIpc) is 2.86. The van der Waals surface area contributed by atoms with E-state index in [0.29, 0.717) is 37.6 Å². The molecule has 1 spiro atoms. The molecular weight excluding hydrogens is 433 g/mol. The molecule has 0 saturated carbocycles. The molecule has 2 saturated heterocycles. The van der Waals surface area contributed by atoms with Gasteiger partial charge in [-0.3, -0.25) is 9.59 Å². The molecule has 2 aliphatic rings. The fourth-order valence-electron chi connectivity index (χ4n) is 5.19. The van der Waals surface area contributed by atoms with E-state index >= 15 is 0 Å². The van der Waals surface area contributed by atoms with E-state index in [2.05, 4.69) is 20.6 Å². The summed E-state index contributed by atoms with van der Waals surface area (Å²) < 4.78 is 13.5. The van der Waals surface area contributed by atoms with Crippen molar-refractivity contribution in [2.45, 2.75) is 25.2 Å². The average molecular weight is 460 g/mol. The Bertz CT molecular complexity index is 1180. The van der Waals surface area contributed by atoms with Gasteiger partial charge < -0.3 is 15.5 Å². The lowest BCUT2D eigenvalue weighted by atomic mass is 9.62. The Kier molecular flexibility index (Phi) is 5.96. The molecule has 0 radical (unpaired) electrons. The van der Waals surface area contributed by atoms with Crippen molar-refractivity contribution in [3.8, 4) is 0 Å². The van der Waals surface area contributed by atoms with Crippen molar-refractivity contribution in [1.29, 1.82) is 0 Å². The van der Waals surface area contributed by atoms with Crippen molar-refractivity contribution < 1.29 is 14.0 Å². The quantitative estimate of drug-likeness (QED) is 0.618. The van der Waals surface area contributed by atoms with Crippen LogP contribution in [0.2, 0.25) is 0 Å². The molecule has 2 aromatic carbocycles. The topological polar surface area (TPSA) is 87.2 Å². The van der Waals surface area contributed by atoms with Crippen molar-refractivity contribution in [3.05, 3.63) is 83.9 Å². The zero-order valence-electron chi connectivity index (χ0n) is 18.7. The van der Waals surface area contributed by atoms with Gasteiger partial charge in [0.05, 0.1) is 0 Å². The van der Waals surface area contributed by atoms with Crippen LogP contribution in [0.5, 0.6) is 0 Å². The number of rotatable bonds is 4. The van der Waals surface area contributed by atoms with Crippen molar-refractivity contribution in [2.24, 2.45) is 5.41 Å².